The Hall–Kier alpha value is -1.87. The minimum absolute atomic E-state index is 0.0790. The lowest BCUT2D eigenvalue weighted by Crippen LogP contribution is -2.32. The van der Waals surface area contributed by atoms with Crippen molar-refractivity contribution in [1.82, 2.24) is 10.2 Å². The summed E-state index contributed by atoms with van der Waals surface area (Å²) in [6.07, 6.45) is 46.7. The number of carbonyl (C=O) groups excluding carboxylic acids is 3. The van der Waals surface area contributed by atoms with Crippen LogP contribution in [-0.2, 0) is 28.5 Å². The molecule has 0 rings (SSSR count). The number of amides is 1. The van der Waals surface area contributed by atoms with Crippen LogP contribution < -0.4 is 5.32 Å². The van der Waals surface area contributed by atoms with Crippen molar-refractivity contribution in [2.24, 2.45) is 0 Å². The van der Waals surface area contributed by atoms with Crippen LogP contribution in [0.3, 0.4) is 0 Å². The van der Waals surface area contributed by atoms with Crippen molar-refractivity contribution in [2.45, 2.75) is 284 Å². The molecule has 0 heterocycles. The van der Waals surface area contributed by atoms with Crippen LogP contribution in [0.5, 0.6) is 0 Å². The summed E-state index contributed by atoms with van der Waals surface area (Å²) < 4.78 is 22.6. The molecule has 0 atom stereocenters. The van der Waals surface area contributed by atoms with Crippen LogP contribution in [0.2, 0.25) is 0 Å². The third-order valence-corrected chi connectivity index (χ3v) is 12.8. The van der Waals surface area contributed by atoms with E-state index in [-0.39, 0.29) is 18.0 Å². The van der Waals surface area contributed by atoms with Gasteiger partial charge in [-0.2, -0.15) is 0 Å². The Morgan fingerprint density at radius 1 is 0.422 bits per heavy atom. The second-order valence-corrected chi connectivity index (χ2v) is 19.0. The predicted molar refractivity (Wildman–Crippen MR) is 270 cm³/mol. The molecular weight excluding hydrogens is 801 g/mol. The van der Waals surface area contributed by atoms with Crippen molar-refractivity contribution in [2.75, 3.05) is 53.1 Å². The monoisotopic (exact) mass is 909 g/mol. The van der Waals surface area contributed by atoms with Gasteiger partial charge in [-0.3, -0.25) is 9.59 Å². The van der Waals surface area contributed by atoms with E-state index in [9.17, 15) is 14.4 Å². The van der Waals surface area contributed by atoms with E-state index in [1.165, 1.54) is 167 Å². The molecule has 0 saturated carbocycles. The minimum Gasteiger partial charge on any atom is -0.466 e. The normalized spacial score (nSPS) is 11.5. The molecule has 0 saturated heterocycles. The molecule has 1 amide bonds. The van der Waals surface area contributed by atoms with Gasteiger partial charge in [0.1, 0.15) is 6.10 Å². The maximum absolute atomic E-state index is 12.6. The van der Waals surface area contributed by atoms with Crippen LogP contribution in [0.15, 0.2) is 0 Å². The molecular formula is C55H108N2O7. The standard InChI is InChI=1S/C55H108N2O7/c1-5-8-10-12-14-16-18-20-22-24-26-28-30-32-38-44-53(58)62-48-40-34-36-42-52(64-55(60)56-46-50-61-51-47-57(4)7-3)43-37-35-41-49-63-54(59)45-39-33-31-29-27-25-23-21-19-17-15-13-11-9-6-2/h52H,5-51H2,1-4H3,(H,56,60). The first-order chi connectivity index (χ1) is 31.4. The highest BCUT2D eigenvalue weighted by Gasteiger charge is 2.15. The van der Waals surface area contributed by atoms with E-state index in [0.29, 0.717) is 45.8 Å². The molecule has 0 aliphatic rings. The van der Waals surface area contributed by atoms with Crippen molar-refractivity contribution < 1.29 is 33.3 Å². The van der Waals surface area contributed by atoms with Crippen LogP contribution >= 0.6 is 0 Å². The number of hydrogen-bond acceptors (Lipinski definition) is 8. The summed E-state index contributed by atoms with van der Waals surface area (Å²) in [6, 6.07) is 0. The summed E-state index contributed by atoms with van der Waals surface area (Å²) in [5, 5.41) is 2.84. The van der Waals surface area contributed by atoms with E-state index in [1.54, 1.807) is 0 Å². The summed E-state index contributed by atoms with van der Waals surface area (Å²) in [4.78, 5) is 39.4. The zero-order valence-electron chi connectivity index (χ0n) is 43.1. The molecule has 1 N–H and O–H groups in total. The highest BCUT2D eigenvalue weighted by molar-refractivity contribution is 5.69. The molecule has 0 unspecified atom stereocenters. The minimum atomic E-state index is -0.403. The van der Waals surface area contributed by atoms with Gasteiger partial charge in [-0.15, -0.1) is 0 Å². The molecule has 0 radical (unpaired) electrons. The topological polar surface area (TPSA) is 103 Å². The molecule has 0 aromatic rings. The number of likely N-dealkylation sites (N-methyl/N-ethyl adjacent to an activating group) is 1. The average molecular weight is 909 g/mol. The van der Waals surface area contributed by atoms with E-state index in [0.717, 1.165) is 90.1 Å². The third-order valence-electron chi connectivity index (χ3n) is 12.8. The van der Waals surface area contributed by atoms with Crippen molar-refractivity contribution in [3.63, 3.8) is 0 Å². The zero-order valence-corrected chi connectivity index (χ0v) is 43.1. The number of esters is 2. The number of unbranched alkanes of at least 4 members (excludes halogenated alkanes) is 32. The summed E-state index contributed by atoms with van der Waals surface area (Å²) >= 11 is 0. The van der Waals surface area contributed by atoms with Gasteiger partial charge < -0.3 is 29.2 Å². The number of rotatable bonds is 52. The van der Waals surface area contributed by atoms with E-state index in [1.807, 2.05) is 0 Å². The second-order valence-electron chi connectivity index (χ2n) is 19.0. The van der Waals surface area contributed by atoms with Gasteiger partial charge in [-0.1, -0.05) is 201 Å². The van der Waals surface area contributed by atoms with Gasteiger partial charge in [-0.05, 0) is 77.8 Å². The largest absolute Gasteiger partial charge is 0.466 e. The maximum atomic E-state index is 12.6. The fraction of sp³-hybridized carbons (Fsp3) is 0.945. The van der Waals surface area contributed by atoms with Crippen molar-refractivity contribution >= 4 is 18.0 Å². The lowest BCUT2D eigenvalue weighted by molar-refractivity contribution is -0.144. The number of hydrogen-bond donors (Lipinski definition) is 1. The summed E-state index contributed by atoms with van der Waals surface area (Å²) in [5.74, 6) is -0.158. The van der Waals surface area contributed by atoms with Crippen LogP contribution in [0.4, 0.5) is 4.79 Å². The first-order valence-electron chi connectivity index (χ1n) is 27.9. The molecule has 0 spiro atoms. The SMILES string of the molecule is CCCCCCCCCCCCCCCCCC(=O)OCCCCCC(CCCCCOC(=O)CCCCCCCCCCCCCCCCC)OC(=O)NCCOCCN(C)CC. The van der Waals surface area contributed by atoms with E-state index < -0.39 is 6.09 Å². The molecule has 64 heavy (non-hydrogen) atoms. The highest BCUT2D eigenvalue weighted by Crippen LogP contribution is 2.18. The van der Waals surface area contributed by atoms with Crippen LogP contribution in [-0.4, -0.2) is 82.1 Å². The van der Waals surface area contributed by atoms with Crippen LogP contribution in [0, 0.1) is 0 Å². The average Bonchev–Trinajstić information content (AvgIpc) is 3.29. The highest BCUT2D eigenvalue weighted by atomic mass is 16.6. The first-order valence-corrected chi connectivity index (χ1v) is 27.9. The Balaban J connectivity index is 4.10. The summed E-state index contributed by atoms with van der Waals surface area (Å²) in [7, 11) is 2.06. The Morgan fingerprint density at radius 2 is 0.766 bits per heavy atom. The van der Waals surface area contributed by atoms with Gasteiger partial charge in [0, 0.05) is 25.9 Å². The number of nitrogens with zero attached hydrogens (tertiary/aromatic N) is 1. The van der Waals surface area contributed by atoms with Crippen molar-refractivity contribution in [3.8, 4) is 0 Å². The lowest BCUT2D eigenvalue weighted by atomic mass is 10.0. The van der Waals surface area contributed by atoms with Gasteiger partial charge in [-0.25, -0.2) is 4.79 Å². The zero-order chi connectivity index (χ0) is 46.7. The van der Waals surface area contributed by atoms with Crippen molar-refractivity contribution in [3.05, 3.63) is 0 Å². The molecule has 9 heteroatoms. The Bertz CT molecular complexity index is 924. The molecule has 0 aliphatic carbocycles. The van der Waals surface area contributed by atoms with Crippen molar-refractivity contribution in [1.29, 1.82) is 0 Å². The molecule has 0 bridgehead atoms. The van der Waals surface area contributed by atoms with Gasteiger partial charge in [0.05, 0.1) is 26.4 Å². The number of alkyl carbamates (subject to hydrolysis) is 1. The summed E-state index contributed by atoms with van der Waals surface area (Å²) in [5.41, 5.74) is 0. The molecule has 0 aromatic carbocycles. The molecule has 0 aliphatic heterocycles. The van der Waals surface area contributed by atoms with Gasteiger partial charge in [0.25, 0.3) is 0 Å². The number of ether oxygens (including phenoxy) is 4. The maximum Gasteiger partial charge on any atom is 0.407 e. The van der Waals surface area contributed by atoms with E-state index >= 15 is 0 Å². The van der Waals surface area contributed by atoms with E-state index in [2.05, 4.69) is 38.0 Å². The van der Waals surface area contributed by atoms with Crippen LogP contribution in [0.1, 0.15) is 278 Å². The van der Waals surface area contributed by atoms with Gasteiger partial charge >= 0.3 is 18.0 Å². The Kier molecular flexibility index (Phi) is 50.6. The van der Waals surface area contributed by atoms with E-state index in [4.69, 9.17) is 18.9 Å². The van der Waals surface area contributed by atoms with Gasteiger partial charge in [0.15, 0.2) is 0 Å². The quantitative estimate of drug-likeness (QED) is 0.0366. The Labute approximate surface area is 397 Å². The molecule has 380 valence electrons. The lowest BCUT2D eigenvalue weighted by Gasteiger charge is -2.19. The second kappa shape index (κ2) is 52.1. The molecule has 0 aromatic heterocycles. The smallest absolute Gasteiger partial charge is 0.407 e. The van der Waals surface area contributed by atoms with Crippen LogP contribution in [0.25, 0.3) is 0 Å². The fourth-order valence-corrected chi connectivity index (χ4v) is 8.26. The third kappa shape index (κ3) is 49.6. The number of carbonyl (C=O) groups is 3. The summed E-state index contributed by atoms with van der Waals surface area (Å²) in [6.45, 7) is 10.9. The number of nitrogens with one attached hydrogen (secondary N) is 1. The molecule has 9 nitrogen and oxygen atoms in total. The molecule has 0 fully saturated rings. The first kappa shape index (κ1) is 62.1. The predicted octanol–water partition coefficient (Wildman–Crippen LogP) is 15.8. The Morgan fingerprint density at radius 3 is 1.12 bits per heavy atom. The van der Waals surface area contributed by atoms with Gasteiger partial charge in [0.2, 0.25) is 0 Å². The fourth-order valence-electron chi connectivity index (χ4n) is 8.26.